The number of hydrogen-bond donors (Lipinski definition) is 2. The van der Waals surface area contributed by atoms with Crippen LogP contribution in [0.1, 0.15) is 30.5 Å². The van der Waals surface area contributed by atoms with Gasteiger partial charge in [-0.25, -0.2) is 0 Å². The third-order valence-electron chi connectivity index (χ3n) is 3.90. The quantitative estimate of drug-likeness (QED) is 0.692. The summed E-state index contributed by atoms with van der Waals surface area (Å²) in [7, 11) is 0. The van der Waals surface area contributed by atoms with Gasteiger partial charge in [0.2, 0.25) is 0 Å². The highest BCUT2D eigenvalue weighted by Gasteiger charge is 2.20. The topological polar surface area (TPSA) is 58.6 Å². The van der Waals surface area contributed by atoms with Crippen LogP contribution in [-0.4, -0.2) is 17.1 Å². The van der Waals surface area contributed by atoms with Crippen LogP contribution < -0.4 is 10.1 Å². The normalized spacial score (nSPS) is 11.9. The molecule has 0 aliphatic heterocycles. The summed E-state index contributed by atoms with van der Waals surface area (Å²) >= 11 is 12.3. The maximum absolute atomic E-state index is 12.4. The van der Waals surface area contributed by atoms with Gasteiger partial charge in [0.05, 0.1) is 10.7 Å². The lowest BCUT2D eigenvalue weighted by atomic mass is 10.1. The maximum Gasteiger partial charge on any atom is 0.265 e. The lowest BCUT2D eigenvalue weighted by Crippen LogP contribution is -2.30. The summed E-state index contributed by atoms with van der Waals surface area (Å²) in [6, 6.07) is 7.22. The molecule has 6 heteroatoms. The number of nitrogens with one attached hydrogen (secondary N) is 1. The molecule has 0 spiro atoms. The third kappa shape index (κ3) is 4.39. The monoisotopic (exact) mass is 381 g/mol. The van der Waals surface area contributed by atoms with Crippen LogP contribution in [0.15, 0.2) is 24.3 Å². The Hall–Kier alpha value is -1.91. The third-order valence-corrected chi connectivity index (χ3v) is 4.65. The molecule has 2 aromatic carbocycles. The first-order chi connectivity index (χ1) is 11.7. The molecule has 1 unspecified atom stereocenters. The van der Waals surface area contributed by atoms with Crippen molar-refractivity contribution in [1.29, 1.82) is 0 Å². The van der Waals surface area contributed by atoms with Gasteiger partial charge in [0.25, 0.3) is 5.91 Å². The molecule has 25 heavy (non-hydrogen) atoms. The zero-order valence-electron chi connectivity index (χ0n) is 14.6. The Labute approximate surface area is 157 Å². The largest absolute Gasteiger partial charge is 0.504 e. The van der Waals surface area contributed by atoms with E-state index < -0.39 is 12.0 Å². The number of carbonyl (C=O) groups excluding carboxylic acids is 1. The number of benzene rings is 2. The van der Waals surface area contributed by atoms with Crippen molar-refractivity contribution in [3.63, 3.8) is 0 Å². The summed E-state index contributed by atoms with van der Waals surface area (Å²) in [5, 5.41) is 13.3. The van der Waals surface area contributed by atoms with Gasteiger partial charge in [-0.3, -0.25) is 4.79 Å². The van der Waals surface area contributed by atoms with Crippen molar-refractivity contribution in [3.8, 4) is 11.5 Å². The van der Waals surface area contributed by atoms with Gasteiger partial charge in [-0.15, -0.1) is 0 Å². The number of aromatic hydroxyl groups is 1. The SMILES string of the molecule is CCc1c(Cl)cc(NC(=O)C(C)Oc2ccc(C)cc2C)c(O)c1Cl. The Kier molecular flexibility index (Phi) is 6.20. The molecule has 0 aliphatic carbocycles. The number of hydrogen-bond acceptors (Lipinski definition) is 3. The van der Waals surface area contributed by atoms with E-state index in [1.54, 1.807) is 6.92 Å². The first-order valence-electron chi connectivity index (χ1n) is 7.99. The summed E-state index contributed by atoms with van der Waals surface area (Å²) in [4.78, 5) is 12.4. The van der Waals surface area contributed by atoms with E-state index in [1.165, 1.54) is 6.07 Å². The van der Waals surface area contributed by atoms with E-state index in [2.05, 4.69) is 5.32 Å². The van der Waals surface area contributed by atoms with Gasteiger partial charge in [0.15, 0.2) is 11.9 Å². The van der Waals surface area contributed by atoms with Gasteiger partial charge < -0.3 is 15.2 Å². The molecule has 1 atom stereocenters. The van der Waals surface area contributed by atoms with Crippen LogP contribution >= 0.6 is 23.2 Å². The summed E-state index contributed by atoms with van der Waals surface area (Å²) in [5.41, 5.74) is 2.86. The molecule has 2 aromatic rings. The van der Waals surface area contributed by atoms with Gasteiger partial charge in [0, 0.05) is 5.02 Å². The summed E-state index contributed by atoms with van der Waals surface area (Å²) in [6.07, 6.45) is -0.185. The van der Waals surface area contributed by atoms with Crippen molar-refractivity contribution in [2.45, 2.75) is 40.2 Å². The Morgan fingerprint density at radius 1 is 1.28 bits per heavy atom. The van der Waals surface area contributed by atoms with Crippen LogP contribution in [0.2, 0.25) is 10.0 Å². The molecule has 0 fully saturated rings. The van der Waals surface area contributed by atoms with E-state index in [0.717, 1.165) is 11.1 Å². The van der Waals surface area contributed by atoms with E-state index >= 15 is 0 Å². The molecule has 0 bridgehead atoms. The summed E-state index contributed by atoms with van der Waals surface area (Å²) in [5.74, 6) is 0.0245. The Balaban J connectivity index is 2.16. The minimum atomic E-state index is -0.760. The Morgan fingerprint density at radius 3 is 2.56 bits per heavy atom. The first kappa shape index (κ1) is 19.4. The molecular formula is C19H21Cl2NO3. The van der Waals surface area contributed by atoms with Gasteiger partial charge in [-0.1, -0.05) is 47.8 Å². The number of anilines is 1. The second-order valence-electron chi connectivity index (χ2n) is 5.92. The molecule has 0 saturated heterocycles. The van der Waals surface area contributed by atoms with Crippen molar-refractivity contribution in [3.05, 3.63) is 51.0 Å². The second kappa shape index (κ2) is 7.98. The first-order valence-corrected chi connectivity index (χ1v) is 8.74. The van der Waals surface area contributed by atoms with Gasteiger partial charge in [-0.05, 0) is 50.5 Å². The fourth-order valence-corrected chi connectivity index (χ4v) is 3.20. The molecule has 0 saturated carbocycles. The minimum Gasteiger partial charge on any atom is -0.504 e. The number of phenols is 1. The number of aryl methyl sites for hydroxylation is 2. The zero-order chi connectivity index (χ0) is 18.7. The van der Waals surface area contributed by atoms with Gasteiger partial charge in [0.1, 0.15) is 5.75 Å². The number of amides is 1. The second-order valence-corrected chi connectivity index (χ2v) is 6.70. The van der Waals surface area contributed by atoms with Crippen molar-refractivity contribution in [2.75, 3.05) is 5.32 Å². The van der Waals surface area contributed by atoms with Crippen LogP contribution in [0, 0.1) is 13.8 Å². The van der Waals surface area contributed by atoms with E-state index in [4.69, 9.17) is 27.9 Å². The molecule has 2 N–H and O–H groups in total. The standard InChI is InChI=1S/C19H21Cl2NO3/c1-5-13-14(20)9-15(18(23)17(13)21)22-19(24)12(4)25-16-7-6-10(2)8-11(16)3/h6-9,12,23H,5H2,1-4H3,(H,22,24). The summed E-state index contributed by atoms with van der Waals surface area (Å²) in [6.45, 7) is 7.42. The average molecular weight is 382 g/mol. The van der Waals surface area contributed by atoms with Crippen molar-refractivity contribution < 1.29 is 14.6 Å². The van der Waals surface area contributed by atoms with Gasteiger partial charge >= 0.3 is 0 Å². The smallest absolute Gasteiger partial charge is 0.265 e. The molecule has 0 heterocycles. The molecule has 134 valence electrons. The predicted molar refractivity (Wildman–Crippen MR) is 102 cm³/mol. The highest BCUT2D eigenvalue weighted by molar-refractivity contribution is 6.37. The molecule has 0 aliphatic rings. The Morgan fingerprint density at radius 2 is 1.96 bits per heavy atom. The van der Waals surface area contributed by atoms with Crippen LogP contribution in [0.5, 0.6) is 11.5 Å². The fraction of sp³-hybridized carbons (Fsp3) is 0.316. The van der Waals surface area contributed by atoms with Crippen LogP contribution in [-0.2, 0) is 11.2 Å². The molecule has 0 aromatic heterocycles. The lowest BCUT2D eigenvalue weighted by molar-refractivity contribution is -0.122. The van der Waals surface area contributed by atoms with Gasteiger partial charge in [-0.2, -0.15) is 0 Å². The van der Waals surface area contributed by atoms with Crippen LogP contribution in [0.25, 0.3) is 0 Å². The number of ether oxygens (including phenoxy) is 1. The maximum atomic E-state index is 12.4. The highest BCUT2D eigenvalue weighted by atomic mass is 35.5. The molecular weight excluding hydrogens is 361 g/mol. The zero-order valence-corrected chi connectivity index (χ0v) is 16.1. The van der Waals surface area contributed by atoms with Crippen LogP contribution in [0.3, 0.4) is 0 Å². The summed E-state index contributed by atoms with van der Waals surface area (Å²) < 4.78 is 5.72. The molecule has 1 amide bonds. The Bertz CT molecular complexity index is 806. The van der Waals surface area contributed by atoms with Crippen molar-refractivity contribution in [2.24, 2.45) is 0 Å². The minimum absolute atomic E-state index is 0.147. The number of rotatable bonds is 5. The molecule has 2 rings (SSSR count). The van der Waals surface area contributed by atoms with E-state index in [0.29, 0.717) is 22.8 Å². The molecule has 0 radical (unpaired) electrons. The van der Waals surface area contributed by atoms with E-state index in [1.807, 2.05) is 39.0 Å². The van der Waals surface area contributed by atoms with Crippen molar-refractivity contribution in [1.82, 2.24) is 0 Å². The highest BCUT2D eigenvalue weighted by Crippen LogP contribution is 2.39. The molecule has 4 nitrogen and oxygen atoms in total. The van der Waals surface area contributed by atoms with E-state index in [9.17, 15) is 9.90 Å². The average Bonchev–Trinajstić information content (AvgIpc) is 2.55. The predicted octanol–water partition coefficient (Wildman–Crippen LogP) is 5.28. The number of halogens is 2. The van der Waals surface area contributed by atoms with E-state index in [-0.39, 0.29) is 16.5 Å². The van der Waals surface area contributed by atoms with Crippen molar-refractivity contribution >= 4 is 34.8 Å². The number of phenolic OH excluding ortho intramolecular Hbond substituents is 1. The lowest BCUT2D eigenvalue weighted by Gasteiger charge is -2.18. The van der Waals surface area contributed by atoms with Crippen LogP contribution in [0.4, 0.5) is 5.69 Å². The number of carbonyl (C=O) groups is 1. The fourth-order valence-electron chi connectivity index (χ4n) is 2.48.